The molecular formula is C15H21NO5. The standard InChI is InChI=1S/C15H21NO5/c1-15(2,3)21-11-7-5-10(6-8-11)9-12(13(17)18)16-14(19)20-4/h5-8,12H,9H2,1-4H3,(H,16,19)(H,17,18)/t12-/m0/s1. The van der Waals surface area contributed by atoms with Crippen LogP contribution in [0.25, 0.3) is 0 Å². The van der Waals surface area contributed by atoms with Gasteiger partial charge in [0.05, 0.1) is 7.11 Å². The predicted molar refractivity (Wildman–Crippen MR) is 77.5 cm³/mol. The third-order valence-corrected chi connectivity index (χ3v) is 2.56. The van der Waals surface area contributed by atoms with Gasteiger partial charge in [0.2, 0.25) is 0 Å². The number of carboxylic acids is 1. The first kappa shape index (κ1) is 16.8. The van der Waals surface area contributed by atoms with Crippen molar-refractivity contribution in [3.63, 3.8) is 0 Å². The number of methoxy groups -OCH3 is 1. The van der Waals surface area contributed by atoms with Crippen LogP contribution in [0.5, 0.6) is 5.75 Å². The second kappa shape index (κ2) is 6.97. The minimum atomic E-state index is -1.12. The number of benzene rings is 1. The van der Waals surface area contributed by atoms with Crippen LogP contribution < -0.4 is 10.1 Å². The van der Waals surface area contributed by atoms with Crippen LogP contribution in [0.15, 0.2) is 24.3 Å². The number of alkyl carbamates (subject to hydrolysis) is 1. The summed E-state index contributed by atoms with van der Waals surface area (Å²) in [7, 11) is 1.19. The maximum absolute atomic E-state index is 11.1. The van der Waals surface area contributed by atoms with Gasteiger partial charge in [-0.15, -0.1) is 0 Å². The van der Waals surface area contributed by atoms with E-state index >= 15 is 0 Å². The number of carbonyl (C=O) groups excluding carboxylic acids is 1. The van der Waals surface area contributed by atoms with E-state index in [0.29, 0.717) is 5.75 Å². The second-order valence-electron chi connectivity index (χ2n) is 5.59. The number of nitrogens with one attached hydrogen (secondary N) is 1. The van der Waals surface area contributed by atoms with Crippen LogP contribution >= 0.6 is 0 Å². The fourth-order valence-corrected chi connectivity index (χ4v) is 1.68. The largest absolute Gasteiger partial charge is 0.488 e. The molecule has 0 aromatic heterocycles. The normalized spacial score (nSPS) is 12.4. The van der Waals surface area contributed by atoms with Gasteiger partial charge in [0.25, 0.3) is 0 Å². The first-order valence-corrected chi connectivity index (χ1v) is 6.56. The summed E-state index contributed by atoms with van der Waals surface area (Å²) in [6.07, 6.45) is -0.602. The van der Waals surface area contributed by atoms with E-state index in [-0.39, 0.29) is 12.0 Å². The molecule has 0 aliphatic carbocycles. The van der Waals surface area contributed by atoms with Crippen molar-refractivity contribution < 1.29 is 24.2 Å². The molecule has 2 N–H and O–H groups in total. The van der Waals surface area contributed by atoms with Crippen molar-refractivity contribution >= 4 is 12.1 Å². The monoisotopic (exact) mass is 295 g/mol. The average Bonchev–Trinajstić information content (AvgIpc) is 2.38. The van der Waals surface area contributed by atoms with Gasteiger partial charge in [0.15, 0.2) is 0 Å². The Balaban J connectivity index is 2.72. The number of rotatable bonds is 5. The molecule has 116 valence electrons. The zero-order chi connectivity index (χ0) is 16.0. The lowest BCUT2D eigenvalue weighted by Crippen LogP contribution is -2.42. The Kier molecular flexibility index (Phi) is 5.58. The minimum absolute atomic E-state index is 0.167. The topological polar surface area (TPSA) is 84.9 Å². The first-order valence-electron chi connectivity index (χ1n) is 6.56. The molecular weight excluding hydrogens is 274 g/mol. The molecule has 1 aromatic carbocycles. The fraction of sp³-hybridized carbons (Fsp3) is 0.467. The molecule has 1 amide bonds. The Labute approximate surface area is 124 Å². The van der Waals surface area contributed by atoms with E-state index in [9.17, 15) is 9.59 Å². The van der Waals surface area contributed by atoms with Crippen LogP contribution in [0, 0.1) is 0 Å². The number of carboxylic acid groups (broad SMARTS) is 1. The third-order valence-electron chi connectivity index (χ3n) is 2.56. The van der Waals surface area contributed by atoms with E-state index in [2.05, 4.69) is 10.1 Å². The average molecular weight is 295 g/mol. The van der Waals surface area contributed by atoms with Crippen LogP contribution in [0.4, 0.5) is 4.79 Å². The molecule has 1 atom stereocenters. The van der Waals surface area contributed by atoms with Crippen LogP contribution in [0.3, 0.4) is 0 Å². The highest BCUT2D eigenvalue weighted by Crippen LogP contribution is 2.19. The van der Waals surface area contributed by atoms with Gasteiger partial charge in [-0.2, -0.15) is 0 Å². The Morgan fingerprint density at radius 1 is 1.24 bits per heavy atom. The number of hydrogen-bond donors (Lipinski definition) is 2. The fourth-order valence-electron chi connectivity index (χ4n) is 1.68. The SMILES string of the molecule is COC(=O)N[C@@H](Cc1ccc(OC(C)(C)C)cc1)C(=O)O. The Morgan fingerprint density at radius 3 is 2.24 bits per heavy atom. The second-order valence-corrected chi connectivity index (χ2v) is 5.59. The van der Waals surface area contributed by atoms with Crippen molar-refractivity contribution in [2.75, 3.05) is 7.11 Å². The van der Waals surface area contributed by atoms with Crippen molar-refractivity contribution in [3.8, 4) is 5.75 Å². The zero-order valence-electron chi connectivity index (χ0n) is 12.7. The number of ether oxygens (including phenoxy) is 2. The molecule has 0 saturated heterocycles. The van der Waals surface area contributed by atoms with Crippen LogP contribution in [-0.2, 0) is 16.0 Å². The summed E-state index contributed by atoms with van der Waals surface area (Å²) in [6.45, 7) is 5.84. The lowest BCUT2D eigenvalue weighted by molar-refractivity contribution is -0.139. The Morgan fingerprint density at radius 2 is 1.81 bits per heavy atom. The highest BCUT2D eigenvalue weighted by Gasteiger charge is 2.20. The molecule has 0 fully saturated rings. The maximum atomic E-state index is 11.1. The van der Waals surface area contributed by atoms with Crippen LogP contribution in [0.2, 0.25) is 0 Å². The number of aliphatic carboxylic acids is 1. The highest BCUT2D eigenvalue weighted by molar-refractivity contribution is 5.80. The molecule has 21 heavy (non-hydrogen) atoms. The van der Waals surface area contributed by atoms with E-state index < -0.39 is 18.1 Å². The highest BCUT2D eigenvalue weighted by atomic mass is 16.5. The molecule has 0 heterocycles. The molecule has 0 aliphatic heterocycles. The van der Waals surface area contributed by atoms with E-state index in [1.54, 1.807) is 24.3 Å². The Hall–Kier alpha value is -2.24. The molecule has 0 radical (unpaired) electrons. The van der Waals surface area contributed by atoms with E-state index in [1.165, 1.54) is 7.11 Å². The lowest BCUT2D eigenvalue weighted by atomic mass is 10.1. The molecule has 6 nitrogen and oxygen atoms in total. The van der Waals surface area contributed by atoms with Gasteiger partial charge in [-0.3, -0.25) is 0 Å². The smallest absolute Gasteiger partial charge is 0.407 e. The maximum Gasteiger partial charge on any atom is 0.407 e. The van der Waals surface area contributed by atoms with E-state index in [0.717, 1.165) is 5.56 Å². The van der Waals surface area contributed by atoms with E-state index in [1.807, 2.05) is 20.8 Å². The van der Waals surface area contributed by atoms with Gasteiger partial charge in [-0.25, -0.2) is 9.59 Å². The number of carbonyl (C=O) groups is 2. The van der Waals surface area contributed by atoms with Gasteiger partial charge in [0.1, 0.15) is 17.4 Å². The summed E-state index contributed by atoms with van der Waals surface area (Å²) in [6, 6.07) is 6.06. The van der Waals surface area contributed by atoms with Crippen LogP contribution in [0.1, 0.15) is 26.3 Å². The van der Waals surface area contributed by atoms with Gasteiger partial charge in [-0.1, -0.05) is 12.1 Å². The zero-order valence-corrected chi connectivity index (χ0v) is 12.7. The third kappa shape index (κ3) is 6.16. The molecule has 0 spiro atoms. The first-order chi connectivity index (χ1) is 9.71. The molecule has 0 aliphatic rings. The van der Waals surface area contributed by atoms with Crippen molar-refractivity contribution in [2.45, 2.75) is 38.8 Å². The molecule has 1 rings (SSSR count). The van der Waals surface area contributed by atoms with E-state index in [4.69, 9.17) is 9.84 Å². The van der Waals surface area contributed by atoms with Gasteiger partial charge in [0, 0.05) is 6.42 Å². The molecule has 1 aromatic rings. The molecule has 6 heteroatoms. The number of amides is 1. The summed E-state index contributed by atoms with van der Waals surface area (Å²) < 4.78 is 10.1. The van der Waals surface area contributed by atoms with Crippen molar-refractivity contribution in [1.29, 1.82) is 0 Å². The quantitative estimate of drug-likeness (QED) is 0.870. The summed E-state index contributed by atoms with van der Waals surface area (Å²) in [5.41, 5.74) is 0.484. The van der Waals surface area contributed by atoms with Gasteiger partial charge < -0.3 is 19.9 Å². The summed E-state index contributed by atoms with van der Waals surface area (Å²) in [5.74, 6) is -0.408. The predicted octanol–water partition coefficient (Wildman–Crippen LogP) is 2.22. The molecule has 0 unspecified atom stereocenters. The van der Waals surface area contributed by atoms with Gasteiger partial charge in [-0.05, 0) is 38.5 Å². The van der Waals surface area contributed by atoms with Crippen molar-refractivity contribution in [2.24, 2.45) is 0 Å². The molecule has 0 saturated carbocycles. The molecule has 0 bridgehead atoms. The van der Waals surface area contributed by atoms with Crippen molar-refractivity contribution in [1.82, 2.24) is 5.32 Å². The van der Waals surface area contributed by atoms with Gasteiger partial charge >= 0.3 is 12.1 Å². The summed E-state index contributed by atoms with van der Waals surface area (Å²) in [4.78, 5) is 22.2. The number of hydrogen-bond acceptors (Lipinski definition) is 4. The van der Waals surface area contributed by atoms with Crippen molar-refractivity contribution in [3.05, 3.63) is 29.8 Å². The summed E-state index contributed by atoms with van der Waals surface area (Å²) in [5, 5.41) is 11.4. The van der Waals surface area contributed by atoms with Crippen LogP contribution in [-0.4, -0.2) is 35.9 Å². The minimum Gasteiger partial charge on any atom is -0.488 e. The lowest BCUT2D eigenvalue weighted by Gasteiger charge is -2.21. The summed E-state index contributed by atoms with van der Waals surface area (Å²) >= 11 is 0. The Bertz CT molecular complexity index is 490.